The maximum atomic E-state index is 13.2. The minimum atomic E-state index is -0.0602. The Morgan fingerprint density at radius 2 is 1.42 bits per heavy atom. The molecule has 1 heterocycles. The Balaban J connectivity index is 1.90. The molecule has 26 heavy (non-hydrogen) atoms. The predicted octanol–water partition coefficient (Wildman–Crippen LogP) is 5.08. The van der Waals surface area contributed by atoms with Crippen molar-refractivity contribution in [1.82, 2.24) is 9.78 Å². The van der Waals surface area contributed by atoms with Crippen molar-refractivity contribution < 1.29 is 0 Å². The first-order chi connectivity index (χ1) is 12.7. The zero-order valence-electron chi connectivity index (χ0n) is 14.0. The van der Waals surface area contributed by atoms with Gasteiger partial charge in [0.1, 0.15) is 0 Å². The highest BCUT2D eigenvalue weighted by Crippen LogP contribution is 2.25. The fourth-order valence-corrected chi connectivity index (χ4v) is 3.27. The maximum Gasteiger partial charge on any atom is 0.275 e. The number of para-hydroxylation sites is 1. The summed E-state index contributed by atoms with van der Waals surface area (Å²) < 4.78 is 1.59. The lowest BCUT2D eigenvalue weighted by Crippen LogP contribution is -2.17. The Morgan fingerprint density at radius 1 is 0.808 bits per heavy atom. The third-order valence-corrected chi connectivity index (χ3v) is 4.76. The number of aromatic amines is 1. The van der Waals surface area contributed by atoms with Gasteiger partial charge in [-0.25, -0.2) is 4.68 Å². The molecule has 0 aliphatic heterocycles. The summed E-state index contributed by atoms with van der Waals surface area (Å²) in [6.07, 6.45) is 0.471. The highest BCUT2D eigenvalue weighted by Gasteiger charge is 2.17. The first kappa shape index (κ1) is 16.4. The molecule has 0 aliphatic carbocycles. The van der Waals surface area contributed by atoms with Crippen molar-refractivity contribution in [3.63, 3.8) is 0 Å². The number of hydrogen-bond acceptors (Lipinski definition) is 1. The maximum absolute atomic E-state index is 13.2. The van der Waals surface area contributed by atoms with Crippen LogP contribution >= 0.6 is 11.6 Å². The number of H-pyrrole nitrogens is 1. The van der Waals surface area contributed by atoms with Crippen LogP contribution in [0.3, 0.4) is 0 Å². The predicted molar refractivity (Wildman–Crippen MR) is 106 cm³/mol. The van der Waals surface area contributed by atoms with Crippen LogP contribution in [0, 0.1) is 0 Å². The van der Waals surface area contributed by atoms with Gasteiger partial charge in [0.15, 0.2) is 0 Å². The van der Waals surface area contributed by atoms with Crippen LogP contribution in [-0.2, 0) is 6.42 Å². The normalized spacial score (nSPS) is 10.8. The van der Waals surface area contributed by atoms with Gasteiger partial charge < -0.3 is 0 Å². The van der Waals surface area contributed by atoms with Crippen molar-refractivity contribution in [3.8, 4) is 16.9 Å². The zero-order chi connectivity index (χ0) is 17.9. The van der Waals surface area contributed by atoms with Crippen molar-refractivity contribution in [2.45, 2.75) is 6.42 Å². The summed E-state index contributed by atoms with van der Waals surface area (Å²) in [5, 5.41) is 3.95. The van der Waals surface area contributed by atoms with E-state index in [1.54, 1.807) is 4.68 Å². The lowest BCUT2D eigenvalue weighted by atomic mass is 10.0. The van der Waals surface area contributed by atoms with Crippen molar-refractivity contribution >= 4 is 11.6 Å². The minimum absolute atomic E-state index is 0.0602. The van der Waals surface area contributed by atoms with E-state index in [1.165, 1.54) is 0 Å². The van der Waals surface area contributed by atoms with Gasteiger partial charge in [-0.3, -0.25) is 9.89 Å². The molecule has 0 atom stereocenters. The van der Waals surface area contributed by atoms with E-state index < -0.39 is 0 Å². The van der Waals surface area contributed by atoms with E-state index in [0.717, 1.165) is 22.5 Å². The van der Waals surface area contributed by atoms with E-state index in [4.69, 9.17) is 11.6 Å². The van der Waals surface area contributed by atoms with Gasteiger partial charge in [-0.2, -0.15) is 0 Å². The highest BCUT2D eigenvalue weighted by atomic mass is 35.5. The van der Waals surface area contributed by atoms with E-state index in [2.05, 4.69) is 5.10 Å². The lowest BCUT2D eigenvalue weighted by Gasteiger charge is -2.04. The monoisotopic (exact) mass is 360 g/mol. The summed E-state index contributed by atoms with van der Waals surface area (Å²) in [7, 11) is 0. The van der Waals surface area contributed by atoms with Crippen LogP contribution in [0.2, 0.25) is 5.02 Å². The van der Waals surface area contributed by atoms with Gasteiger partial charge in [-0.15, -0.1) is 0 Å². The molecule has 0 saturated carbocycles. The Morgan fingerprint density at radius 3 is 2.12 bits per heavy atom. The molecule has 0 saturated heterocycles. The molecule has 0 bridgehead atoms. The average Bonchev–Trinajstić information content (AvgIpc) is 3.01. The topological polar surface area (TPSA) is 37.8 Å². The molecule has 1 N–H and O–H groups in total. The van der Waals surface area contributed by atoms with E-state index >= 15 is 0 Å². The van der Waals surface area contributed by atoms with Gasteiger partial charge in [0.25, 0.3) is 5.56 Å². The average molecular weight is 361 g/mol. The highest BCUT2D eigenvalue weighted by molar-refractivity contribution is 6.31. The molecule has 4 rings (SSSR count). The molecule has 0 unspecified atom stereocenters. The summed E-state index contributed by atoms with van der Waals surface area (Å²) in [6.45, 7) is 0. The molecular weight excluding hydrogens is 344 g/mol. The van der Waals surface area contributed by atoms with Gasteiger partial charge in [-0.1, -0.05) is 78.3 Å². The fraction of sp³-hybridized carbons (Fsp3) is 0.0455. The van der Waals surface area contributed by atoms with Crippen LogP contribution in [0.25, 0.3) is 16.9 Å². The number of rotatable bonds is 4. The van der Waals surface area contributed by atoms with Crippen molar-refractivity contribution in [3.05, 3.63) is 111 Å². The summed E-state index contributed by atoms with van der Waals surface area (Å²) in [5.41, 5.74) is 4.17. The Hall–Kier alpha value is -3.04. The second-order valence-corrected chi connectivity index (χ2v) is 6.48. The van der Waals surface area contributed by atoms with Gasteiger partial charge in [0.2, 0.25) is 0 Å². The molecule has 3 aromatic carbocycles. The van der Waals surface area contributed by atoms with E-state index in [9.17, 15) is 4.79 Å². The number of halogens is 1. The van der Waals surface area contributed by atoms with Crippen molar-refractivity contribution in [2.24, 2.45) is 0 Å². The first-order valence-corrected chi connectivity index (χ1v) is 8.80. The van der Waals surface area contributed by atoms with Crippen LogP contribution in [0.1, 0.15) is 11.1 Å². The Labute approximate surface area is 156 Å². The van der Waals surface area contributed by atoms with E-state index in [-0.39, 0.29) is 5.56 Å². The van der Waals surface area contributed by atoms with E-state index in [0.29, 0.717) is 17.0 Å². The molecule has 1 aromatic heterocycles. The molecule has 3 nitrogen and oxygen atoms in total. The van der Waals surface area contributed by atoms with Crippen LogP contribution in [0.5, 0.6) is 0 Å². The van der Waals surface area contributed by atoms with Gasteiger partial charge in [0.05, 0.1) is 11.4 Å². The molecule has 0 radical (unpaired) electrons. The van der Waals surface area contributed by atoms with Gasteiger partial charge >= 0.3 is 0 Å². The fourth-order valence-electron chi connectivity index (χ4n) is 3.07. The number of benzene rings is 3. The molecule has 0 aliphatic rings. The summed E-state index contributed by atoms with van der Waals surface area (Å²) in [5.74, 6) is 0. The molecule has 128 valence electrons. The van der Waals surface area contributed by atoms with Crippen molar-refractivity contribution in [1.29, 1.82) is 0 Å². The third kappa shape index (κ3) is 3.09. The smallest absolute Gasteiger partial charge is 0.275 e. The summed E-state index contributed by atoms with van der Waals surface area (Å²) in [4.78, 5) is 13.2. The third-order valence-electron chi connectivity index (χ3n) is 4.39. The van der Waals surface area contributed by atoms with Crippen LogP contribution in [0.15, 0.2) is 89.7 Å². The summed E-state index contributed by atoms with van der Waals surface area (Å²) in [6, 6.07) is 27.1. The second-order valence-electron chi connectivity index (χ2n) is 6.08. The quantitative estimate of drug-likeness (QED) is 0.541. The molecule has 0 spiro atoms. The number of hydrogen-bond donors (Lipinski definition) is 1. The van der Waals surface area contributed by atoms with Crippen molar-refractivity contribution in [2.75, 3.05) is 0 Å². The number of nitrogens with one attached hydrogen (secondary N) is 1. The lowest BCUT2D eigenvalue weighted by molar-refractivity contribution is 0.849. The number of nitrogens with zero attached hydrogens (tertiary/aromatic N) is 1. The Kier molecular flexibility index (Phi) is 4.46. The Bertz CT molecular complexity index is 1080. The van der Waals surface area contributed by atoms with Crippen LogP contribution < -0.4 is 5.56 Å². The minimum Gasteiger partial charge on any atom is -0.290 e. The van der Waals surface area contributed by atoms with E-state index in [1.807, 2.05) is 84.9 Å². The second kappa shape index (κ2) is 7.06. The standard InChI is InChI=1S/C22H17ClN2O/c23-20-14-8-7-11-17(20)15-19-21(16-9-3-1-4-10-16)24-25(22(19)26)18-12-5-2-6-13-18/h1-14,24H,15H2. The van der Waals surface area contributed by atoms with Crippen LogP contribution in [0.4, 0.5) is 0 Å². The molecule has 4 heteroatoms. The summed E-state index contributed by atoms with van der Waals surface area (Å²) >= 11 is 6.33. The first-order valence-electron chi connectivity index (χ1n) is 8.42. The number of aromatic nitrogens is 2. The molecule has 0 fully saturated rings. The van der Waals surface area contributed by atoms with Gasteiger partial charge in [-0.05, 0) is 29.3 Å². The molecular formula is C22H17ClN2O. The van der Waals surface area contributed by atoms with Gasteiger partial charge in [0, 0.05) is 17.0 Å². The largest absolute Gasteiger partial charge is 0.290 e. The zero-order valence-corrected chi connectivity index (χ0v) is 14.8. The molecule has 4 aromatic rings. The SMILES string of the molecule is O=c1c(Cc2ccccc2Cl)c(-c2ccccc2)[nH]n1-c1ccccc1. The molecule has 0 amide bonds. The van der Waals surface area contributed by atoms with Crippen LogP contribution in [-0.4, -0.2) is 9.78 Å².